The van der Waals surface area contributed by atoms with Gasteiger partial charge in [-0.2, -0.15) is 5.10 Å². The number of aromatic nitrogens is 2. The van der Waals surface area contributed by atoms with Gasteiger partial charge in [-0.05, 0) is 24.6 Å². The molecule has 202 valence electrons. The number of esters is 1. The molecular weight excluding hydrogens is 502 g/mol. The second-order valence-corrected chi connectivity index (χ2v) is 8.92. The van der Waals surface area contributed by atoms with Crippen LogP contribution in [0, 0.1) is 11.8 Å². The van der Waals surface area contributed by atoms with Gasteiger partial charge in [0.2, 0.25) is 5.91 Å². The van der Waals surface area contributed by atoms with Gasteiger partial charge in [-0.15, -0.1) is 0 Å². The fourth-order valence-corrected chi connectivity index (χ4v) is 4.03. The van der Waals surface area contributed by atoms with Crippen molar-refractivity contribution in [2.45, 2.75) is 45.8 Å². The van der Waals surface area contributed by atoms with E-state index in [1.165, 1.54) is 11.8 Å². The minimum Gasteiger partial charge on any atom is -0.487 e. The molecule has 0 atom stereocenters. The van der Waals surface area contributed by atoms with Gasteiger partial charge < -0.3 is 19.7 Å². The van der Waals surface area contributed by atoms with Gasteiger partial charge in [-0.1, -0.05) is 36.1 Å². The molecule has 1 amide bonds. The first kappa shape index (κ1) is 27.4. The number of fused-ring (bicyclic) bond motifs is 2. The number of amides is 1. The molecule has 1 aromatic heterocycles. The highest BCUT2D eigenvalue weighted by Crippen LogP contribution is 2.32. The summed E-state index contributed by atoms with van der Waals surface area (Å²) in [6, 6.07) is 15.1. The monoisotopic (exact) mass is 531 g/mol. The molecule has 0 saturated carbocycles. The zero-order valence-electron chi connectivity index (χ0n) is 21.6. The number of aliphatic hydroxyl groups is 1. The van der Waals surface area contributed by atoms with Crippen molar-refractivity contribution in [1.29, 1.82) is 0 Å². The SMILES string of the molecule is CC(=O)N(COC(=O)CCC(=O)O)c1ccc2c(c1)OCc1cc(-c3ccccc3C#CCCCO)nn1C2. The first-order valence-corrected chi connectivity index (χ1v) is 12.5. The number of aliphatic hydroxyl groups excluding tert-OH is 1. The normalized spacial score (nSPS) is 11.6. The van der Waals surface area contributed by atoms with E-state index >= 15 is 0 Å². The van der Waals surface area contributed by atoms with Gasteiger partial charge in [0.15, 0.2) is 6.73 Å². The summed E-state index contributed by atoms with van der Waals surface area (Å²) in [4.78, 5) is 36.0. The fraction of sp³-hybridized carbons (Fsp3) is 0.310. The Kier molecular flexibility index (Phi) is 8.97. The minimum absolute atomic E-state index is 0.113. The number of rotatable bonds is 9. The maximum absolute atomic E-state index is 12.3. The van der Waals surface area contributed by atoms with Crippen LogP contribution in [0.5, 0.6) is 5.75 Å². The number of unbranched alkanes of at least 4 members (excludes halogenated alkanes) is 1. The molecule has 2 N–H and O–H groups in total. The van der Waals surface area contributed by atoms with Crippen LogP contribution in [-0.2, 0) is 32.3 Å². The fourth-order valence-electron chi connectivity index (χ4n) is 4.03. The maximum Gasteiger partial charge on any atom is 0.308 e. The highest BCUT2D eigenvalue weighted by Gasteiger charge is 2.21. The zero-order valence-corrected chi connectivity index (χ0v) is 21.6. The van der Waals surface area contributed by atoms with E-state index in [2.05, 4.69) is 11.8 Å². The van der Waals surface area contributed by atoms with Crippen LogP contribution in [0.25, 0.3) is 11.3 Å². The molecule has 0 spiro atoms. The van der Waals surface area contributed by atoms with Crippen LogP contribution >= 0.6 is 0 Å². The number of carbonyl (C=O) groups is 3. The Morgan fingerprint density at radius 3 is 2.74 bits per heavy atom. The Hall–Kier alpha value is -4.62. The number of ether oxygens (including phenoxy) is 2. The van der Waals surface area contributed by atoms with Crippen LogP contribution in [-0.4, -0.2) is 51.2 Å². The summed E-state index contributed by atoms with van der Waals surface area (Å²) in [5.74, 6) is 4.72. The van der Waals surface area contributed by atoms with Crippen molar-refractivity contribution in [2.24, 2.45) is 0 Å². The lowest BCUT2D eigenvalue weighted by Gasteiger charge is -2.22. The Morgan fingerprint density at radius 2 is 1.97 bits per heavy atom. The lowest BCUT2D eigenvalue weighted by Crippen LogP contribution is -2.32. The van der Waals surface area contributed by atoms with Crippen LogP contribution in [0.4, 0.5) is 5.69 Å². The summed E-state index contributed by atoms with van der Waals surface area (Å²) in [6.07, 6.45) is 0.633. The third kappa shape index (κ3) is 7.03. The van der Waals surface area contributed by atoms with Crippen LogP contribution in [0.2, 0.25) is 0 Å². The van der Waals surface area contributed by atoms with Gasteiger partial charge in [-0.25, -0.2) is 0 Å². The van der Waals surface area contributed by atoms with Gasteiger partial charge in [0, 0.05) is 42.7 Å². The molecule has 0 radical (unpaired) electrons. The predicted molar refractivity (Wildman–Crippen MR) is 142 cm³/mol. The summed E-state index contributed by atoms with van der Waals surface area (Å²) in [7, 11) is 0. The molecule has 1 aliphatic rings. The summed E-state index contributed by atoms with van der Waals surface area (Å²) in [5.41, 5.74) is 4.80. The lowest BCUT2D eigenvalue weighted by atomic mass is 10.0. The number of carboxylic acids is 1. The average Bonchev–Trinajstić information content (AvgIpc) is 3.24. The summed E-state index contributed by atoms with van der Waals surface area (Å²) >= 11 is 0. The Balaban J connectivity index is 1.51. The average molecular weight is 532 g/mol. The van der Waals surface area contributed by atoms with Crippen molar-refractivity contribution >= 4 is 23.5 Å². The molecule has 10 nitrogen and oxygen atoms in total. The summed E-state index contributed by atoms with van der Waals surface area (Å²) < 4.78 is 13.1. The lowest BCUT2D eigenvalue weighted by molar-refractivity contribution is -0.148. The highest BCUT2D eigenvalue weighted by atomic mass is 16.5. The smallest absolute Gasteiger partial charge is 0.308 e. The quantitative estimate of drug-likeness (QED) is 0.186. The van der Waals surface area contributed by atoms with Gasteiger partial charge in [0.25, 0.3) is 0 Å². The topological polar surface area (TPSA) is 131 Å². The number of anilines is 1. The van der Waals surface area contributed by atoms with Crippen molar-refractivity contribution in [3.63, 3.8) is 0 Å². The number of aliphatic carboxylic acids is 1. The van der Waals surface area contributed by atoms with E-state index in [4.69, 9.17) is 24.8 Å². The van der Waals surface area contributed by atoms with Crippen LogP contribution in [0.15, 0.2) is 48.5 Å². The molecule has 4 rings (SSSR count). The highest BCUT2D eigenvalue weighted by molar-refractivity contribution is 5.92. The molecular formula is C29H29N3O7. The number of carbonyl (C=O) groups excluding carboxylic acids is 2. The standard InChI is InChI=1S/C29H29N3O7/c1-20(34)31(19-39-29(37)13-12-28(35)36)23-11-10-22-17-32-24(18-38-27(22)16-23)15-26(30-32)25-9-5-4-8-21(25)7-3-2-6-14-33/h4-5,8-11,15-16,33H,2,6,12-14,17-19H2,1H3,(H,35,36). The van der Waals surface area contributed by atoms with Crippen molar-refractivity contribution in [3.8, 4) is 28.8 Å². The van der Waals surface area contributed by atoms with E-state index in [0.717, 1.165) is 28.1 Å². The third-order valence-corrected chi connectivity index (χ3v) is 6.09. The van der Waals surface area contributed by atoms with Gasteiger partial charge in [0.1, 0.15) is 12.4 Å². The van der Waals surface area contributed by atoms with Crippen LogP contribution < -0.4 is 9.64 Å². The number of benzene rings is 2. The molecule has 1 aliphatic heterocycles. The molecule has 0 aliphatic carbocycles. The second kappa shape index (κ2) is 12.8. The zero-order chi connectivity index (χ0) is 27.8. The van der Waals surface area contributed by atoms with E-state index in [-0.39, 0.29) is 38.7 Å². The second-order valence-electron chi connectivity index (χ2n) is 8.92. The van der Waals surface area contributed by atoms with E-state index in [0.29, 0.717) is 30.8 Å². The van der Waals surface area contributed by atoms with Crippen LogP contribution in [0.1, 0.15) is 49.4 Å². The first-order valence-electron chi connectivity index (χ1n) is 12.5. The van der Waals surface area contributed by atoms with E-state index < -0.39 is 11.9 Å². The number of hydrogen-bond acceptors (Lipinski definition) is 7. The largest absolute Gasteiger partial charge is 0.487 e. The van der Waals surface area contributed by atoms with Crippen molar-refractivity contribution in [1.82, 2.24) is 9.78 Å². The Labute approximate surface area is 225 Å². The number of hydrogen-bond donors (Lipinski definition) is 2. The Bertz CT molecular complexity index is 1430. The summed E-state index contributed by atoms with van der Waals surface area (Å²) in [5, 5.41) is 22.5. The van der Waals surface area contributed by atoms with E-state index in [1.54, 1.807) is 12.1 Å². The molecule has 2 aromatic carbocycles. The molecule has 0 fully saturated rings. The molecule has 10 heteroatoms. The maximum atomic E-state index is 12.3. The minimum atomic E-state index is -1.10. The van der Waals surface area contributed by atoms with Gasteiger partial charge >= 0.3 is 11.9 Å². The molecule has 3 aromatic rings. The molecule has 39 heavy (non-hydrogen) atoms. The van der Waals surface area contributed by atoms with Crippen molar-refractivity contribution in [2.75, 3.05) is 18.2 Å². The molecule has 0 bridgehead atoms. The Morgan fingerprint density at radius 1 is 1.15 bits per heavy atom. The number of carboxylic acid groups (broad SMARTS) is 1. The van der Waals surface area contributed by atoms with Crippen molar-refractivity contribution in [3.05, 3.63) is 65.4 Å². The number of nitrogens with zero attached hydrogens (tertiary/aromatic N) is 3. The van der Waals surface area contributed by atoms with Gasteiger partial charge in [0.05, 0.1) is 36.5 Å². The van der Waals surface area contributed by atoms with Crippen LogP contribution in [0.3, 0.4) is 0 Å². The van der Waals surface area contributed by atoms with Crippen molar-refractivity contribution < 1.29 is 34.1 Å². The predicted octanol–water partition coefficient (Wildman–Crippen LogP) is 3.33. The molecule has 0 saturated heterocycles. The van der Waals surface area contributed by atoms with Gasteiger partial charge in [-0.3, -0.25) is 24.0 Å². The molecule has 2 heterocycles. The summed E-state index contributed by atoms with van der Waals surface area (Å²) in [6.45, 7) is 1.85. The third-order valence-electron chi connectivity index (χ3n) is 6.09. The van der Waals surface area contributed by atoms with E-state index in [9.17, 15) is 14.4 Å². The van der Waals surface area contributed by atoms with E-state index in [1.807, 2.05) is 41.1 Å². The molecule has 0 unspecified atom stereocenters. The first-order chi connectivity index (χ1) is 18.9.